The van der Waals surface area contributed by atoms with Gasteiger partial charge in [-0.1, -0.05) is 23.7 Å². The second-order valence-electron chi connectivity index (χ2n) is 3.67. The zero-order valence-corrected chi connectivity index (χ0v) is 9.98. The third-order valence-electron chi connectivity index (χ3n) is 2.34. The second kappa shape index (κ2) is 5.01. The van der Waals surface area contributed by atoms with Crippen LogP contribution in [0.25, 0.3) is 0 Å². The molecule has 2 rings (SSSR count). The standard InChI is InChI=1S/C12H9ClN2O3/c13-9-3-1-2-8(6-9)10(16)7-15-12(18)5-4-11(17)14-15/h1-6H,7H2,(H,14,17). The minimum Gasteiger partial charge on any atom is -0.292 e. The maximum Gasteiger partial charge on any atom is 0.265 e. The van der Waals surface area contributed by atoms with Crippen LogP contribution in [0, 0.1) is 0 Å². The first-order valence-corrected chi connectivity index (χ1v) is 5.53. The van der Waals surface area contributed by atoms with E-state index in [1.54, 1.807) is 18.2 Å². The number of carbonyl (C=O) groups excluding carboxylic acids is 1. The first kappa shape index (κ1) is 12.3. The lowest BCUT2D eigenvalue weighted by molar-refractivity contribution is 0.0965. The van der Waals surface area contributed by atoms with E-state index >= 15 is 0 Å². The molecule has 92 valence electrons. The van der Waals surface area contributed by atoms with Gasteiger partial charge in [0.2, 0.25) is 0 Å². The second-order valence-corrected chi connectivity index (χ2v) is 4.10. The quantitative estimate of drug-likeness (QED) is 0.843. The van der Waals surface area contributed by atoms with Crippen molar-refractivity contribution in [3.8, 4) is 0 Å². The number of Topliss-reactive ketones (excluding diaryl/α,β-unsaturated/α-hetero) is 1. The zero-order valence-electron chi connectivity index (χ0n) is 9.22. The van der Waals surface area contributed by atoms with Crippen LogP contribution in [-0.2, 0) is 6.54 Å². The number of aromatic nitrogens is 2. The molecule has 1 heterocycles. The Balaban J connectivity index is 2.29. The van der Waals surface area contributed by atoms with Crippen LogP contribution in [0.1, 0.15) is 10.4 Å². The minimum atomic E-state index is -0.440. The molecular weight excluding hydrogens is 256 g/mol. The molecule has 1 aromatic heterocycles. The van der Waals surface area contributed by atoms with Gasteiger partial charge < -0.3 is 0 Å². The molecule has 0 bridgehead atoms. The van der Waals surface area contributed by atoms with E-state index in [4.69, 9.17) is 11.6 Å². The molecule has 0 aliphatic rings. The van der Waals surface area contributed by atoms with E-state index in [-0.39, 0.29) is 12.3 Å². The van der Waals surface area contributed by atoms with Gasteiger partial charge in [0, 0.05) is 22.7 Å². The molecule has 5 nitrogen and oxygen atoms in total. The molecule has 0 saturated heterocycles. The number of ketones is 1. The van der Waals surface area contributed by atoms with Crippen molar-refractivity contribution in [3.05, 3.63) is 67.7 Å². The Kier molecular flexibility index (Phi) is 3.43. The lowest BCUT2D eigenvalue weighted by atomic mass is 10.1. The summed E-state index contributed by atoms with van der Waals surface area (Å²) in [6.45, 7) is -0.227. The molecule has 0 aliphatic heterocycles. The molecule has 0 amide bonds. The predicted molar refractivity (Wildman–Crippen MR) is 67.1 cm³/mol. The SMILES string of the molecule is O=C(Cn1[nH]c(=O)ccc1=O)c1cccc(Cl)c1. The van der Waals surface area contributed by atoms with Crippen molar-refractivity contribution < 1.29 is 4.79 Å². The Labute approximate surface area is 107 Å². The molecule has 2 aromatic rings. The van der Waals surface area contributed by atoms with Crippen LogP contribution in [0.15, 0.2) is 46.0 Å². The average molecular weight is 265 g/mol. The lowest BCUT2D eigenvalue weighted by Crippen LogP contribution is -2.30. The number of rotatable bonds is 3. The van der Waals surface area contributed by atoms with Crippen LogP contribution >= 0.6 is 11.6 Å². The number of halogens is 1. The number of H-pyrrole nitrogens is 1. The number of aromatic amines is 1. The van der Waals surface area contributed by atoms with Crippen LogP contribution < -0.4 is 11.1 Å². The van der Waals surface area contributed by atoms with E-state index in [0.717, 1.165) is 16.8 Å². The summed E-state index contributed by atoms with van der Waals surface area (Å²) in [5, 5.41) is 2.73. The first-order valence-electron chi connectivity index (χ1n) is 5.15. The van der Waals surface area contributed by atoms with Gasteiger partial charge in [-0.25, -0.2) is 4.68 Å². The number of hydrogen-bond acceptors (Lipinski definition) is 3. The molecule has 18 heavy (non-hydrogen) atoms. The highest BCUT2D eigenvalue weighted by Crippen LogP contribution is 2.11. The fourth-order valence-electron chi connectivity index (χ4n) is 1.48. The highest BCUT2D eigenvalue weighted by Gasteiger charge is 2.08. The Morgan fingerprint density at radius 3 is 2.72 bits per heavy atom. The van der Waals surface area contributed by atoms with Crippen molar-refractivity contribution in [2.24, 2.45) is 0 Å². The Bertz CT molecular complexity index is 703. The molecule has 1 N–H and O–H groups in total. The van der Waals surface area contributed by atoms with E-state index in [9.17, 15) is 14.4 Å². The van der Waals surface area contributed by atoms with Crippen LogP contribution in [0.2, 0.25) is 5.02 Å². The minimum absolute atomic E-state index is 0.227. The third kappa shape index (κ3) is 2.75. The smallest absolute Gasteiger partial charge is 0.265 e. The maximum atomic E-state index is 11.9. The largest absolute Gasteiger partial charge is 0.292 e. The summed E-state index contributed by atoms with van der Waals surface area (Å²) in [7, 11) is 0. The fourth-order valence-corrected chi connectivity index (χ4v) is 1.67. The molecular formula is C12H9ClN2O3. The van der Waals surface area contributed by atoms with E-state index in [1.165, 1.54) is 6.07 Å². The number of hydrogen-bond donors (Lipinski definition) is 1. The van der Waals surface area contributed by atoms with Gasteiger partial charge in [0.1, 0.15) is 6.54 Å². The summed E-state index contributed by atoms with van der Waals surface area (Å²) >= 11 is 5.77. The number of nitrogens with zero attached hydrogens (tertiary/aromatic N) is 1. The van der Waals surface area contributed by atoms with Crippen molar-refractivity contribution in [2.75, 3.05) is 0 Å². The molecule has 0 atom stereocenters. The number of carbonyl (C=O) groups is 1. The van der Waals surface area contributed by atoms with Crippen molar-refractivity contribution >= 4 is 17.4 Å². The molecule has 0 aliphatic carbocycles. The summed E-state index contributed by atoms with van der Waals surface area (Å²) in [4.78, 5) is 34.4. The summed E-state index contributed by atoms with van der Waals surface area (Å²) in [6, 6.07) is 8.63. The van der Waals surface area contributed by atoms with Gasteiger partial charge in [-0.3, -0.25) is 19.5 Å². The summed E-state index contributed by atoms with van der Waals surface area (Å²) in [5.74, 6) is -0.304. The highest BCUT2D eigenvalue weighted by atomic mass is 35.5. The predicted octanol–water partition coefficient (Wildman–Crippen LogP) is 1.07. The Hall–Kier alpha value is -2.14. The van der Waals surface area contributed by atoms with Gasteiger partial charge in [0.25, 0.3) is 11.1 Å². The normalized spacial score (nSPS) is 10.3. The van der Waals surface area contributed by atoms with Crippen molar-refractivity contribution in [1.82, 2.24) is 9.78 Å². The fraction of sp³-hybridized carbons (Fsp3) is 0.0833. The molecule has 0 radical (unpaired) electrons. The Morgan fingerprint density at radius 1 is 1.22 bits per heavy atom. The highest BCUT2D eigenvalue weighted by molar-refractivity contribution is 6.31. The van der Waals surface area contributed by atoms with Gasteiger partial charge in [0.05, 0.1) is 0 Å². The molecule has 6 heteroatoms. The first-order chi connectivity index (χ1) is 8.56. The van der Waals surface area contributed by atoms with Crippen LogP contribution in [0.5, 0.6) is 0 Å². The molecule has 0 spiro atoms. The third-order valence-corrected chi connectivity index (χ3v) is 2.57. The molecule has 1 aromatic carbocycles. The van der Waals surface area contributed by atoms with Crippen molar-refractivity contribution in [3.63, 3.8) is 0 Å². The number of benzene rings is 1. The monoisotopic (exact) mass is 264 g/mol. The van der Waals surface area contributed by atoms with Crippen LogP contribution in [-0.4, -0.2) is 15.6 Å². The van der Waals surface area contributed by atoms with Gasteiger partial charge >= 0.3 is 0 Å². The average Bonchev–Trinajstić information content (AvgIpc) is 2.34. The van der Waals surface area contributed by atoms with Crippen LogP contribution in [0.3, 0.4) is 0 Å². The zero-order chi connectivity index (χ0) is 13.1. The molecule has 0 fully saturated rings. The lowest BCUT2D eigenvalue weighted by Gasteiger charge is -2.04. The van der Waals surface area contributed by atoms with Crippen molar-refractivity contribution in [2.45, 2.75) is 6.54 Å². The van der Waals surface area contributed by atoms with E-state index < -0.39 is 11.1 Å². The molecule has 0 saturated carbocycles. The maximum absolute atomic E-state index is 11.9. The van der Waals surface area contributed by atoms with Gasteiger partial charge in [-0.05, 0) is 12.1 Å². The number of nitrogens with one attached hydrogen (secondary N) is 1. The van der Waals surface area contributed by atoms with Crippen molar-refractivity contribution in [1.29, 1.82) is 0 Å². The Morgan fingerprint density at radius 2 is 2.00 bits per heavy atom. The van der Waals surface area contributed by atoms with Crippen LogP contribution in [0.4, 0.5) is 0 Å². The summed E-state index contributed by atoms with van der Waals surface area (Å²) in [5.41, 5.74) is -0.488. The van der Waals surface area contributed by atoms with Gasteiger partial charge in [-0.15, -0.1) is 0 Å². The summed E-state index contributed by atoms with van der Waals surface area (Å²) in [6.07, 6.45) is 0. The van der Waals surface area contributed by atoms with E-state index in [1.807, 2.05) is 0 Å². The molecule has 0 unspecified atom stereocenters. The van der Waals surface area contributed by atoms with Gasteiger partial charge in [0.15, 0.2) is 5.78 Å². The van der Waals surface area contributed by atoms with E-state index in [0.29, 0.717) is 10.6 Å². The topological polar surface area (TPSA) is 71.9 Å². The summed E-state index contributed by atoms with van der Waals surface area (Å²) < 4.78 is 0.964. The van der Waals surface area contributed by atoms with Gasteiger partial charge in [-0.2, -0.15) is 0 Å². The van der Waals surface area contributed by atoms with E-state index in [2.05, 4.69) is 5.10 Å².